The zero-order valence-corrected chi connectivity index (χ0v) is 15.1. The third kappa shape index (κ3) is 4.51. The van der Waals surface area contributed by atoms with Crippen molar-refractivity contribution in [1.29, 1.82) is 0 Å². The van der Waals surface area contributed by atoms with Gasteiger partial charge in [-0.2, -0.15) is 0 Å². The maximum absolute atomic E-state index is 12.1. The number of nitrogens with one attached hydrogen (secondary N) is 2. The molecule has 1 amide bonds. The Morgan fingerprint density at radius 1 is 1.04 bits per heavy atom. The second kappa shape index (κ2) is 8.17. The minimum atomic E-state index is -0.415. The zero-order valence-electron chi connectivity index (χ0n) is 15.1. The van der Waals surface area contributed by atoms with E-state index in [0.717, 1.165) is 5.56 Å². The normalized spacial score (nSPS) is 10.3. The Morgan fingerprint density at radius 3 is 2.48 bits per heavy atom. The fraction of sp³-hybridized carbons (Fsp3) is 0.222. The highest BCUT2D eigenvalue weighted by Crippen LogP contribution is 2.27. The van der Waals surface area contributed by atoms with Gasteiger partial charge in [-0.15, -0.1) is 10.2 Å². The summed E-state index contributed by atoms with van der Waals surface area (Å²) < 4.78 is 15.4. The first kappa shape index (κ1) is 18.2. The molecule has 1 aromatic carbocycles. The van der Waals surface area contributed by atoms with Gasteiger partial charge in [0, 0.05) is 12.6 Å². The second-order valence-electron chi connectivity index (χ2n) is 5.62. The van der Waals surface area contributed by atoms with Crippen molar-refractivity contribution in [2.45, 2.75) is 13.5 Å². The summed E-state index contributed by atoms with van der Waals surface area (Å²) in [5.41, 5.74) is 1.16. The number of aromatic nitrogens is 3. The van der Waals surface area contributed by atoms with Gasteiger partial charge in [0.05, 0.1) is 14.2 Å². The van der Waals surface area contributed by atoms with Crippen LogP contribution >= 0.6 is 0 Å². The molecule has 0 unspecified atom stereocenters. The largest absolute Gasteiger partial charge is 0.493 e. The molecule has 0 aliphatic heterocycles. The summed E-state index contributed by atoms with van der Waals surface area (Å²) in [4.78, 5) is 12.1. The van der Waals surface area contributed by atoms with Gasteiger partial charge in [-0.1, -0.05) is 11.2 Å². The third-order valence-corrected chi connectivity index (χ3v) is 3.69. The van der Waals surface area contributed by atoms with E-state index >= 15 is 0 Å². The summed E-state index contributed by atoms with van der Waals surface area (Å²) in [6.45, 7) is 2.25. The molecule has 2 aromatic heterocycles. The van der Waals surface area contributed by atoms with E-state index in [4.69, 9.17) is 14.0 Å². The van der Waals surface area contributed by atoms with E-state index in [9.17, 15) is 4.79 Å². The molecule has 0 radical (unpaired) electrons. The van der Waals surface area contributed by atoms with Crippen LogP contribution in [0.4, 0.5) is 11.6 Å². The molecular weight excluding hydrogens is 350 g/mol. The summed E-state index contributed by atoms with van der Waals surface area (Å²) in [6.07, 6.45) is 0. The highest BCUT2D eigenvalue weighted by Gasteiger charge is 2.11. The Balaban J connectivity index is 1.60. The molecule has 3 aromatic rings. The van der Waals surface area contributed by atoms with Gasteiger partial charge >= 0.3 is 0 Å². The van der Waals surface area contributed by atoms with Crippen molar-refractivity contribution >= 4 is 17.5 Å². The van der Waals surface area contributed by atoms with Gasteiger partial charge in [0.25, 0.3) is 5.91 Å². The van der Waals surface area contributed by atoms with Crippen LogP contribution < -0.4 is 20.1 Å². The fourth-order valence-electron chi connectivity index (χ4n) is 2.34. The zero-order chi connectivity index (χ0) is 19.2. The quantitative estimate of drug-likeness (QED) is 0.654. The van der Waals surface area contributed by atoms with E-state index in [2.05, 4.69) is 26.0 Å². The topological polar surface area (TPSA) is 111 Å². The minimum absolute atomic E-state index is 0.173. The summed E-state index contributed by atoms with van der Waals surface area (Å²) in [6, 6.07) is 10.5. The number of carbonyl (C=O) groups excluding carboxylic acids is 1. The van der Waals surface area contributed by atoms with Gasteiger partial charge < -0.3 is 24.6 Å². The first-order chi connectivity index (χ1) is 13.1. The van der Waals surface area contributed by atoms with Crippen LogP contribution in [0.15, 0.2) is 40.9 Å². The van der Waals surface area contributed by atoms with Gasteiger partial charge in [-0.25, -0.2) is 0 Å². The number of rotatable bonds is 7. The molecule has 2 N–H and O–H groups in total. The van der Waals surface area contributed by atoms with Crippen molar-refractivity contribution in [2.75, 3.05) is 24.9 Å². The second-order valence-corrected chi connectivity index (χ2v) is 5.62. The molecule has 0 saturated heterocycles. The van der Waals surface area contributed by atoms with E-state index in [0.29, 0.717) is 35.4 Å². The van der Waals surface area contributed by atoms with E-state index in [-0.39, 0.29) is 5.69 Å². The molecule has 9 nitrogen and oxygen atoms in total. The van der Waals surface area contributed by atoms with E-state index in [1.807, 2.05) is 18.2 Å². The highest BCUT2D eigenvalue weighted by molar-refractivity contribution is 6.02. The molecule has 9 heteroatoms. The average molecular weight is 369 g/mol. The molecule has 140 valence electrons. The van der Waals surface area contributed by atoms with Crippen LogP contribution in [0.3, 0.4) is 0 Å². The Kier molecular flexibility index (Phi) is 5.50. The number of methoxy groups -OCH3 is 2. The molecule has 2 heterocycles. The SMILES string of the molecule is COc1ccc(CNc2ccc(C(=O)Nc3cc(C)on3)nn2)cc1OC. The maximum atomic E-state index is 12.1. The first-order valence-corrected chi connectivity index (χ1v) is 8.12. The van der Waals surface area contributed by atoms with Crippen molar-refractivity contribution in [2.24, 2.45) is 0 Å². The average Bonchev–Trinajstić information content (AvgIpc) is 3.11. The van der Waals surface area contributed by atoms with Crippen LogP contribution in [0.1, 0.15) is 21.8 Å². The number of carbonyl (C=O) groups is 1. The Labute approximate surface area is 155 Å². The number of nitrogens with zero attached hydrogens (tertiary/aromatic N) is 3. The van der Waals surface area contributed by atoms with Crippen LogP contribution in [-0.2, 0) is 6.54 Å². The number of aryl methyl sites for hydroxylation is 1. The van der Waals surface area contributed by atoms with Gasteiger partial charge in [-0.05, 0) is 36.8 Å². The predicted octanol–water partition coefficient (Wildman–Crippen LogP) is 2.65. The molecule has 0 saturated carbocycles. The lowest BCUT2D eigenvalue weighted by Gasteiger charge is -2.10. The van der Waals surface area contributed by atoms with Gasteiger partial charge in [0.15, 0.2) is 23.0 Å². The van der Waals surface area contributed by atoms with Crippen LogP contribution in [0.2, 0.25) is 0 Å². The molecular formula is C18H19N5O4. The van der Waals surface area contributed by atoms with Crippen LogP contribution in [0.25, 0.3) is 0 Å². The molecule has 0 atom stereocenters. The Bertz CT molecular complexity index is 924. The molecule has 0 spiro atoms. The molecule has 0 aliphatic carbocycles. The highest BCUT2D eigenvalue weighted by atomic mass is 16.5. The third-order valence-electron chi connectivity index (χ3n) is 3.69. The van der Waals surface area contributed by atoms with Crippen LogP contribution in [0.5, 0.6) is 11.5 Å². The summed E-state index contributed by atoms with van der Waals surface area (Å²) >= 11 is 0. The number of hydrogen-bond acceptors (Lipinski definition) is 8. The standard InChI is InChI=1S/C18H19N5O4/c1-11-8-17(23-27-11)20-18(24)13-5-7-16(22-21-13)19-10-12-4-6-14(25-2)15(9-12)26-3/h4-9H,10H2,1-3H3,(H,19,22)(H,20,23,24). The van der Waals surface area contributed by atoms with E-state index < -0.39 is 5.91 Å². The number of amides is 1. The summed E-state index contributed by atoms with van der Waals surface area (Å²) in [5, 5.41) is 17.4. The summed E-state index contributed by atoms with van der Waals surface area (Å²) in [7, 11) is 3.18. The molecule has 0 aliphatic rings. The smallest absolute Gasteiger partial charge is 0.277 e. The first-order valence-electron chi connectivity index (χ1n) is 8.12. The van der Waals surface area contributed by atoms with Crippen molar-refractivity contribution < 1.29 is 18.8 Å². The van der Waals surface area contributed by atoms with Crippen LogP contribution in [0, 0.1) is 6.92 Å². The monoisotopic (exact) mass is 369 g/mol. The Hall–Kier alpha value is -3.62. The maximum Gasteiger partial charge on any atom is 0.277 e. The lowest BCUT2D eigenvalue weighted by molar-refractivity contribution is 0.102. The van der Waals surface area contributed by atoms with Crippen LogP contribution in [-0.4, -0.2) is 35.5 Å². The Morgan fingerprint density at radius 2 is 1.85 bits per heavy atom. The van der Waals surface area contributed by atoms with Crippen molar-refractivity contribution in [1.82, 2.24) is 15.4 Å². The van der Waals surface area contributed by atoms with Crippen molar-refractivity contribution in [3.05, 3.63) is 53.4 Å². The molecule has 3 rings (SSSR count). The fourth-order valence-corrected chi connectivity index (χ4v) is 2.34. The molecule has 0 bridgehead atoms. The predicted molar refractivity (Wildman–Crippen MR) is 98.1 cm³/mol. The molecule has 27 heavy (non-hydrogen) atoms. The lowest BCUT2D eigenvalue weighted by Crippen LogP contribution is -2.15. The van der Waals surface area contributed by atoms with Gasteiger partial charge in [0.2, 0.25) is 0 Å². The van der Waals surface area contributed by atoms with Crippen molar-refractivity contribution in [3.63, 3.8) is 0 Å². The number of hydrogen-bond donors (Lipinski definition) is 2. The molecule has 0 fully saturated rings. The minimum Gasteiger partial charge on any atom is -0.493 e. The lowest BCUT2D eigenvalue weighted by atomic mass is 10.2. The van der Waals surface area contributed by atoms with Crippen molar-refractivity contribution in [3.8, 4) is 11.5 Å². The van der Waals surface area contributed by atoms with E-state index in [1.165, 1.54) is 0 Å². The number of benzene rings is 1. The number of ether oxygens (including phenoxy) is 2. The van der Waals surface area contributed by atoms with Gasteiger partial charge in [-0.3, -0.25) is 4.79 Å². The summed E-state index contributed by atoms with van der Waals surface area (Å²) in [5.74, 6) is 2.37. The number of anilines is 2. The van der Waals surface area contributed by atoms with E-state index in [1.54, 1.807) is 39.3 Å². The van der Waals surface area contributed by atoms with Gasteiger partial charge in [0.1, 0.15) is 11.6 Å².